The molecule has 1 aromatic heterocycles. The normalized spacial score (nSPS) is 39.1. The molecule has 200 valence electrons. The average molecular weight is 548 g/mol. The van der Waals surface area contributed by atoms with Crippen molar-refractivity contribution in [3.05, 3.63) is 33.1 Å². The highest BCUT2D eigenvalue weighted by molar-refractivity contribution is 7.59. The van der Waals surface area contributed by atoms with Crippen LogP contribution in [0.1, 0.15) is 13.2 Å². The van der Waals surface area contributed by atoms with Crippen molar-refractivity contribution in [2.45, 2.75) is 62.2 Å². The monoisotopic (exact) mass is 548 g/mol. The number of phosphoric ester groups is 2. The third-order valence-corrected chi connectivity index (χ3v) is 7.63. The molecule has 2 aliphatic rings. The van der Waals surface area contributed by atoms with Gasteiger partial charge in [0.1, 0.15) is 36.6 Å². The molecule has 0 radical (unpaired) electrons. The molecular formula is C15H22N2O16P2-2. The van der Waals surface area contributed by atoms with E-state index in [-0.39, 0.29) is 0 Å². The molecule has 18 nitrogen and oxygen atoms in total. The van der Waals surface area contributed by atoms with E-state index in [1.807, 2.05) is 4.98 Å². The number of hydrogen-bond acceptors (Lipinski definition) is 16. The van der Waals surface area contributed by atoms with Gasteiger partial charge in [0, 0.05) is 12.3 Å². The molecule has 0 saturated carbocycles. The number of nitrogens with one attached hydrogen (secondary N) is 1. The molecule has 2 saturated heterocycles. The van der Waals surface area contributed by atoms with E-state index in [0.717, 1.165) is 12.3 Å². The fourth-order valence-electron chi connectivity index (χ4n) is 3.28. The van der Waals surface area contributed by atoms with Crippen molar-refractivity contribution in [3.63, 3.8) is 0 Å². The summed E-state index contributed by atoms with van der Waals surface area (Å²) in [5, 5.41) is 49.2. The van der Waals surface area contributed by atoms with E-state index in [1.54, 1.807) is 0 Å². The van der Waals surface area contributed by atoms with E-state index < -0.39 is 88.7 Å². The van der Waals surface area contributed by atoms with E-state index in [0.29, 0.717) is 4.57 Å². The Morgan fingerprint density at radius 2 is 1.66 bits per heavy atom. The Balaban J connectivity index is 1.61. The van der Waals surface area contributed by atoms with Gasteiger partial charge >= 0.3 is 5.69 Å². The van der Waals surface area contributed by atoms with Crippen molar-refractivity contribution in [2.24, 2.45) is 0 Å². The fourth-order valence-corrected chi connectivity index (χ4v) is 5.36. The van der Waals surface area contributed by atoms with Crippen LogP contribution in [0.5, 0.6) is 0 Å². The van der Waals surface area contributed by atoms with E-state index >= 15 is 0 Å². The fraction of sp³-hybridized carbons (Fsp3) is 0.733. The smallest absolute Gasteiger partial charge is 0.330 e. The van der Waals surface area contributed by atoms with Crippen LogP contribution in [0.25, 0.3) is 0 Å². The Morgan fingerprint density at radius 3 is 2.29 bits per heavy atom. The SMILES string of the molecule is C[C@@H]1OC(OP(=O)([O-])OP(=O)([O-])OC[C@H]2O[C@@H](n3ccc(=O)[nH]c3=O)[C@H](O)[C@@H]2O)[C@H](O)[C@H](O)[C@H]1O. The number of H-pyrrole nitrogens is 1. The lowest BCUT2D eigenvalue weighted by molar-refractivity contribution is -0.299. The molecule has 6 N–H and O–H groups in total. The van der Waals surface area contributed by atoms with Crippen molar-refractivity contribution < 1.29 is 67.3 Å². The van der Waals surface area contributed by atoms with Crippen LogP contribution in [0.15, 0.2) is 21.9 Å². The third kappa shape index (κ3) is 6.51. The van der Waals surface area contributed by atoms with Gasteiger partial charge in [-0.15, -0.1) is 0 Å². The average Bonchev–Trinajstić information content (AvgIpc) is 3.02. The molecule has 11 atom stereocenters. The van der Waals surface area contributed by atoms with Crippen molar-refractivity contribution >= 4 is 15.6 Å². The molecule has 1 aromatic rings. The maximum absolute atomic E-state index is 12.0. The third-order valence-electron chi connectivity index (χ3n) is 5.10. The Kier molecular flexibility index (Phi) is 8.52. The van der Waals surface area contributed by atoms with Gasteiger partial charge in [-0.25, -0.2) is 9.11 Å². The maximum Gasteiger partial charge on any atom is 0.330 e. The topological polar surface area (TPSA) is 282 Å². The minimum Gasteiger partial charge on any atom is -0.756 e. The zero-order chi connectivity index (χ0) is 26.3. The summed E-state index contributed by atoms with van der Waals surface area (Å²) >= 11 is 0. The van der Waals surface area contributed by atoms with E-state index in [2.05, 4.69) is 13.4 Å². The van der Waals surface area contributed by atoms with Crippen LogP contribution in [0.2, 0.25) is 0 Å². The van der Waals surface area contributed by atoms with Crippen LogP contribution >= 0.6 is 15.6 Å². The highest BCUT2D eigenvalue weighted by atomic mass is 31.3. The first-order valence-electron chi connectivity index (χ1n) is 9.81. The van der Waals surface area contributed by atoms with Crippen molar-refractivity contribution in [3.8, 4) is 0 Å². The Morgan fingerprint density at radius 1 is 1.00 bits per heavy atom. The molecule has 35 heavy (non-hydrogen) atoms. The Hall–Kier alpha value is -1.34. The summed E-state index contributed by atoms with van der Waals surface area (Å²) in [6.07, 6.45) is -14.7. The number of rotatable bonds is 8. The van der Waals surface area contributed by atoms with Crippen LogP contribution in [0.3, 0.4) is 0 Å². The molecule has 0 amide bonds. The zero-order valence-electron chi connectivity index (χ0n) is 17.6. The lowest BCUT2D eigenvalue weighted by Gasteiger charge is -2.41. The predicted molar refractivity (Wildman–Crippen MR) is 103 cm³/mol. The summed E-state index contributed by atoms with van der Waals surface area (Å²) in [5.41, 5.74) is -1.75. The molecule has 3 rings (SSSR count). The summed E-state index contributed by atoms with van der Waals surface area (Å²) in [6, 6.07) is 0.923. The number of phosphoric acid groups is 2. The number of hydrogen-bond donors (Lipinski definition) is 6. The van der Waals surface area contributed by atoms with Gasteiger partial charge in [-0.05, 0) is 6.92 Å². The maximum atomic E-state index is 12.0. The number of ether oxygens (including phenoxy) is 2. The van der Waals surface area contributed by atoms with Crippen molar-refractivity contribution in [1.29, 1.82) is 0 Å². The molecule has 20 heteroatoms. The molecule has 2 fully saturated rings. The van der Waals surface area contributed by atoms with Crippen LogP contribution in [-0.4, -0.2) is 90.7 Å². The van der Waals surface area contributed by atoms with Gasteiger partial charge in [-0.1, -0.05) is 0 Å². The molecule has 3 unspecified atom stereocenters. The van der Waals surface area contributed by atoms with Gasteiger partial charge in [-0.3, -0.25) is 28.0 Å². The summed E-state index contributed by atoms with van der Waals surface area (Å²) in [6.45, 7) is 0.127. The van der Waals surface area contributed by atoms with Gasteiger partial charge in [-0.2, -0.15) is 0 Å². The molecule has 2 aliphatic heterocycles. The lowest BCUT2D eigenvalue weighted by Crippen LogP contribution is -2.57. The second-order valence-electron chi connectivity index (χ2n) is 7.62. The first-order valence-corrected chi connectivity index (χ1v) is 12.7. The van der Waals surface area contributed by atoms with Gasteiger partial charge in [0.25, 0.3) is 21.2 Å². The van der Waals surface area contributed by atoms with Crippen LogP contribution in [0.4, 0.5) is 0 Å². The highest BCUT2D eigenvalue weighted by Gasteiger charge is 2.46. The number of aliphatic hydroxyl groups is 5. The van der Waals surface area contributed by atoms with Gasteiger partial charge in [0.2, 0.25) is 0 Å². The highest BCUT2D eigenvalue weighted by Crippen LogP contribution is 2.57. The molecule has 0 bridgehead atoms. The summed E-state index contributed by atoms with van der Waals surface area (Å²) in [4.78, 5) is 48.9. The zero-order valence-corrected chi connectivity index (χ0v) is 19.4. The summed E-state index contributed by atoms with van der Waals surface area (Å²) < 4.78 is 47.3. The largest absolute Gasteiger partial charge is 0.756 e. The second kappa shape index (κ2) is 10.6. The van der Waals surface area contributed by atoms with E-state index in [4.69, 9.17) is 9.47 Å². The van der Waals surface area contributed by atoms with Gasteiger partial charge < -0.3 is 49.3 Å². The van der Waals surface area contributed by atoms with Crippen molar-refractivity contribution in [1.82, 2.24) is 9.55 Å². The van der Waals surface area contributed by atoms with Crippen LogP contribution in [-0.2, 0) is 32.0 Å². The summed E-state index contributed by atoms with van der Waals surface area (Å²) in [5.74, 6) is 0. The minimum absolute atomic E-state index is 0.712. The van der Waals surface area contributed by atoms with Crippen LogP contribution in [0, 0.1) is 0 Å². The number of aromatic amines is 1. The predicted octanol–water partition coefficient (Wildman–Crippen LogP) is -5.03. The lowest BCUT2D eigenvalue weighted by atomic mass is 10.0. The second-order valence-corrected chi connectivity index (χ2v) is 10.5. The Labute approximate surface area is 195 Å². The van der Waals surface area contributed by atoms with E-state index in [1.165, 1.54) is 6.92 Å². The minimum atomic E-state index is -5.81. The van der Waals surface area contributed by atoms with Gasteiger partial charge in [0.15, 0.2) is 12.5 Å². The first-order chi connectivity index (χ1) is 16.1. The van der Waals surface area contributed by atoms with Crippen molar-refractivity contribution in [2.75, 3.05) is 6.61 Å². The quantitative estimate of drug-likeness (QED) is 0.166. The first kappa shape index (κ1) is 28.2. The molecule has 0 spiro atoms. The summed E-state index contributed by atoms with van der Waals surface area (Å²) in [7, 11) is -11.6. The van der Waals surface area contributed by atoms with Gasteiger partial charge in [0.05, 0.1) is 12.7 Å². The number of aliphatic hydroxyl groups excluding tert-OH is 5. The standard InChI is InChI=1S/C15H24N2O16P2/c1-5-8(19)10(21)12(23)14(30-5)32-35(27,28)33-34(25,26)29-4-6-9(20)11(22)13(31-6)17-3-2-7(18)16-15(17)24/h2-3,5-6,8-14,19-23H,4H2,1H3,(H,25,26)(H,27,28)(H,16,18,24)/p-2/t5-,6+,8-,9+,10+,11+,12+,13+,14?/m0/s1. The van der Waals surface area contributed by atoms with E-state index in [9.17, 15) is 54.0 Å². The Bertz CT molecular complexity index is 1110. The molecular weight excluding hydrogens is 526 g/mol. The number of aromatic nitrogens is 2. The molecule has 0 aromatic carbocycles. The molecule has 0 aliphatic carbocycles. The van der Waals surface area contributed by atoms with Crippen LogP contribution < -0.4 is 21.0 Å². The molecule has 3 heterocycles. The number of nitrogens with zero attached hydrogens (tertiary/aromatic N) is 1.